The molecule has 236 valence electrons. The molecule has 0 atom stereocenters. The van der Waals surface area contributed by atoms with Gasteiger partial charge in [-0.3, -0.25) is 0 Å². The minimum Gasteiger partial charge on any atom is -0.454 e. The fourth-order valence-electron chi connectivity index (χ4n) is 6.75. The average molecular weight is 645 g/mol. The molecule has 8 aromatic rings. The molecule has 1 aliphatic heterocycles. The second kappa shape index (κ2) is 12.8. The molecule has 0 aromatic heterocycles. The van der Waals surface area contributed by atoms with Crippen LogP contribution in [0.15, 0.2) is 200 Å². The maximum absolute atomic E-state index is 8.74. The number of hydrogen-bond acceptors (Lipinski definition) is 2. The van der Waals surface area contributed by atoms with Crippen molar-refractivity contribution in [1.82, 2.24) is 0 Å². The van der Waals surface area contributed by atoms with Gasteiger partial charge in [0.2, 0.25) is 0 Å². The first kappa shape index (κ1) is 24.5. The summed E-state index contributed by atoms with van der Waals surface area (Å²) in [4.78, 5) is 2.20. The number of para-hydroxylation sites is 2. The molecule has 2 heteroatoms. The van der Waals surface area contributed by atoms with Crippen molar-refractivity contribution in [2.45, 2.75) is 0 Å². The summed E-state index contributed by atoms with van der Waals surface area (Å²) in [6.07, 6.45) is 0. The molecule has 1 aliphatic rings. The van der Waals surface area contributed by atoms with Crippen molar-refractivity contribution >= 4 is 17.1 Å². The van der Waals surface area contributed by atoms with Crippen molar-refractivity contribution in [3.63, 3.8) is 0 Å². The number of hydrogen-bond donors (Lipinski definition) is 0. The van der Waals surface area contributed by atoms with Gasteiger partial charge < -0.3 is 9.64 Å². The van der Waals surface area contributed by atoms with Crippen molar-refractivity contribution in [2.75, 3.05) is 4.90 Å². The third kappa shape index (κ3) is 5.43. The third-order valence-electron chi connectivity index (χ3n) is 9.19. The number of ether oxygens (including phenoxy) is 1. The Kier molecular flexibility index (Phi) is 6.25. The Morgan fingerprint density at radius 2 is 0.920 bits per heavy atom. The zero-order valence-electron chi connectivity index (χ0n) is 32.0. The molecule has 0 spiro atoms. The summed E-state index contributed by atoms with van der Waals surface area (Å²) < 4.78 is 49.3. The van der Waals surface area contributed by atoms with Crippen LogP contribution in [-0.2, 0) is 0 Å². The number of fused-ring (bicyclic) bond motifs is 5. The Labute approximate surface area is 300 Å². The highest BCUT2D eigenvalue weighted by atomic mass is 16.5. The average Bonchev–Trinajstić information content (AvgIpc) is 3.38. The molecule has 0 radical (unpaired) electrons. The van der Waals surface area contributed by atoms with Crippen molar-refractivity contribution in [2.24, 2.45) is 0 Å². The van der Waals surface area contributed by atoms with Crippen LogP contribution in [0.25, 0.3) is 55.6 Å². The predicted octanol–water partition coefficient (Wildman–Crippen LogP) is 13.6. The van der Waals surface area contributed by atoms with Crippen molar-refractivity contribution in [1.29, 1.82) is 0 Å². The number of nitrogens with zero attached hydrogens (tertiary/aromatic N) is 1. The lowest BCUT2D eigenvalue weighted by Crippen LogP contribution is -2.11. The maximum Gasteiger partial charge on any atom is 0.159 e. The van der Waals surface area contributed by atoms with Gasteiger partial charge in [0, 0.05) is 22.5 Å². The second-order valence-corrected chi connectivity index (χ2v) is 12.2. The lowest BCUT2D eigenvalue weighted by atomic mass is 9.91. The smallest absolute Gasteiger partial charge is 0.159 e. The summed E-state index contributed by atoms with van der Waals surface area (Å²) in [6, 6.07) is 55.7. The molecule has 0 fully saturated rings. The van der Waals surface area contributed by atoms with Crippen molar-refractivity contribution in [3.05, 3.63) is 200 Å². The van der Waals surface area contributed by atoms with Crippen LogP contribution in [0.3, 0.4) is 0 Å². The summed E-state index contributed by atoms with van der Waals surface area (Å²) in [5.41, 5.74) is 11.3. The number of rotatable bonds is 6. The fraction of sp³-hybridized carbons (Fsp3) is 0. The Bertz CT molecular complexity index is 2600. The van der Waals surface area contributed by atoms with Gasteiger partial charge in [0.15, 0.2) is 5.75 Å². The quantitative estimate of drug-likeness (QED) is 0.179. The molecule has 50 heavy (non-hydrogen) atoms. The van der Waals surface area contributed by atoms with Gasteiger partial charge in [-0.15, -0.1) is 0 Å². The van der Waals surface area contributed by atoms with Gasteiger partial charge in [-0.2, -0.15) is 0 Å². The highest BCUT2D eigenvalue weighted by Crippen LogP contribution is 2.53. The molecule has 0 bridgehead atoms. The Morgan fingerprint density at radius 1 is 0.380 bits per heavy atom. The van der Waals surface area contributed by atoms with Gasteiger partial charge in [0.25, 0.3) is 0 Å². The zero-order chi connectivity index (χ0) is 37.6. The van der Waals surface area contributed by atoms with Crippen molar-refractivity contribution in [3.8, 4) is 67.1 Å². The van der Waals surface area contributed by atoms with Crippen LogP contribution in [-0.4, -0.2) is 0 Å². The molecule has 0 aliphatic carbocycles. The Balaban J connectivity index is 1.26. The van der Waals surface area contributed by atoms with Crippen LogP contribution in [0, 0.1) is 0 Å². The monoisotopic (exact) mass is 644 g/mol. The minimum atomic E-state index is -0.417. The van der Waals surface area contributed by atoms with E-state index in [0.717, 1.165) is 61.6 Å². The second-order valence-electron chi connectivity index (χ2n) is 12.2. The molecule has 0 saturated heterocycles. The molecule has 0 unspecified atom stereocenters. The van der Waals surface area contributed by atoms with E-state index in [1.54, 1.807) is 0 Å². The van der Waals surface area contributed by atoms with E-state index in [9.17, 15) is 0 Å². The van der Waals surface area contributed by atoms with Crippen LogP contribution in [0.5, 0.6) is 11.5 Å². The molecular formula is C48H33NO. The van der Waals surface area contributed by atoms with Gasteiger partial charge in [-0.1, -0.05) is 158 Å². The highest BCUT2D eigenvalue weighted by molar-refractivity contribution is 5.97. The normalized spacial score (nSPS) is 12.8. The summed E-state index contributed by atoms with van der Waals surface area (Å²) in [5.74, 6) is 1.32. The number of benzene rings is 8. The van der Waals surface area contributed by atoms with E-state index in [1.165, 1.54) is 0 Å². The standard InChI is InChI=1S/C48H33NO/c1-4-13-34(14-5-1)37-23-28-40(29-24-37)49(41-30-25-38(26-31-41)35-15-6-2-7-16-35)46-21-12-20-44-45-33-39(36-17-8-3-9-18-36)27-32-42(45)43-19-10-11-22-47(43)50-48(44)46/h1-33H/i3D,8D,9D,17D,18D. The molecule has 0 amide bonds. The van der Waals surface area contributed by atoms with Crippen LogP contribution in [0.1, 0.15) is 6.85 Å². The molecule has 0 N–H and O–H groups in total. The topological polar surface area (TPSA) is 12.5 Å². The zero-order valence-corrected chi connectivity index (χ0v) is 27.0. The molecular weight excluding hydrogens is 607 g/mol. The Morgan fingerprint density at radius 3 is 1.56 bits per heavy atom. The van der Waals surface area contributed by atoms with E-state index in [4.69, 9.17) is 11.6 Å². The highest BCUT2D eigenvalue weighted by Gasteiger charge is 2.26. The van der Waals surface area contributed by atoms with E-state index in [-0.39, 0.29) is 29.7 Å². The van der Waals surface area contributed by atoms with Crippen LogP contribution in [0.4, 0.5) is 17.1 Å². The number of anilines is 3. The van der Waals surface area contributed by atoms with Gasteiger partial charge >= 0.3 is 0 Å². The van der Waals surface area contributed by atoms with Gasteiger partial charge in [-0.25, -0.2) is 0 Å². The van der Waals surface area contributed by atoms with Crippen LogP contribution in [0.2, 0.25) is 0 Å². The molecule has 9 rings (SSSR count). The van der Waals surface area contributed by atoms with Crippen LogP contribution < -0.4 is 9.64 Å². The van der Waals surface area contributed by atoms with Gasteiger partial charge in [0.05, 0.1) is 12.5 Å². The SMILES string of the molecule is [2H]c1c([2H])c([2H])c(-c2ccc3c(c2)-c2cccc(N(c4ccc(-c5ccccc5)cc4)c4ccc(-c5ccccc5)cc4)c2Oc2ccccc2-3)c([2H])c1[2H]. The molecule has 0 saturated carbocycles. The van der Waals surface area contributed by atoms with E-state index in [0.29, 0.717) is 17.1 Å². The first-order valence-electron chi connectivity index (χ1n) is 19.1. The van der Waals surface area contributed by atoms with E-state index in [1.807, 2.05) is 91.0 Å². The summed E-state index contributed by atoms with van der Waals surface area (Å²) >= 11 is 0. The maximum atomic E-state index is 8.74. The lowest BCUT2D eigenvalue weighted by molar-refractivity contribution is 0.489. The molecule has 8 aromatic carbocycles. The lowest BCUT2D eigenvalue weighted by Gasteiger charge is -2.28. The molecule has 2 nitrogen and oxygen atoms in total. The van der Waals surface area contributed by atoms with E-state index in [2.05, 4.69) is 83.8 Å². The summed E-state index contributed by atoms with van der Waals surface area (Å²) in [5, 5.41) is 0. The first-order chi connectivity index (χ1) is 26.9. The van der Waals surface area contributed by atoms with E-state index >= 15 is 0 Å². The summed E-state index contributed by atoms with van der Waals surface area (Å²) in [6.45, 7) is 0. The van der Waals surface area contributed by atoms with Crippen LogP contribution >= 0.6 is 0 Å². The van der Waals surface area contributed by atoms with Crippen molar-refractivity contribution < 1.29 is 11.6 Å². The largest absolute Gasteiger partial charge is 0.454 e. The van der Waals surface area contributed by atoms with E-state index < -0.39 is 6.04 Å². The first-order valence-corrected chi connectivity index (χ1v) is 16.6. The third-order valence-corrected chi connectivity index (χ3v) is 9.19. The van der Waals surface area contributed by atoms with Gasteiger partial charge in [0.1, 0.15) is 5.75 Å². The fourth-order valence-corrected chi connectivity index (χ4v) is 6.75. The predicted molar refractivity (Wildman–Crippen MR) is 208 cm³/mol. The molecule has 1 heterocycles. The Hall–Kier alpha value is -6.64. The minimum absolute atomic E-state index is 0.156. The van der Waals surface area contributed by atoms with Gasteiger partial charge in [-0.05, 0) is 87.0 Å². The summed E-state index contributed by atoms with van der Waals surface area (Å²) in [7, 11) is 0.